The Morgan fingerprint density at radius 3 is 2.42 bits per heavy atom. The fourth-order valence-corrected chi connectivity index (χ4v) is 4.80. The van der Waals surface area contributed by atoms with E-state index in [9.17, 15) is 9.59 Å². The normalized spacial score (nSPS) is 22.1. The van der Waals surface area contributed by atoms with E-state index < -0.39 is 0 Å². The lowest BCUT2D eigenvalue weighted by molar-refractivity contribution is 0.0512. The monoisotopic (exact) mass is 362 g/mol. The third-order valence-electron chi connectivity index (χ3n) is 5.50. The summed E-state index contributed by atoms with van der Waals surface area (Å²) >= 11 is 0. The number of carbonyl (C=O) groups excluding carboxylic acids is 2. The summed E-state index contributed by atoms with van der Waals surface area (Å²) in [6.45, 7) is 15.2. The Labute approximate surface area is 157 Å². The molecule has 0 unspecified atom stereocenters. The standard InChI is InChI=1S/C21H34N2O3/c1-8-23-15(5)17(14(4)18(23)20(25)26-9-2)19(24)22-16-10-13(3)11-21(6,7)12-16/h13,16H,8-12H2,1-7H3,(H,22,24)/t13-,16-/m1/s1. The Bertz CT molecular complexity index is 688. The molecule has 0 saturated heterocycles. The van der Waals surface area contributed by atoms with Gasteiger partial charge in [0.25, 0.3) is 5.91 Å². The zero-order valence-electron chi connectivity index (χ0n) is 17.4. The van der Waals surface area contributed by atoms with Gasteiger partial charge in [-0.25, -0.2) is 4.79 Å². The second-order valence-corrected chi connectivity index (χ2v) is 8.48. The van der Waals surface area contributed by atoms with Crippen LogP contribution in [0.4, 0.5) is 0 Å². The molecule has 1 heterocycles. The number of amides is 1. The average Bonchev–Trinajstić information content (AvgIpc) is 2.75. The number of esters is 1. The number of carbonyl (C=O) groups is 2. The molecule has 0 bridgehead atoms. The van der Waals surface area contributed by atoms with Crippen molar-refractivity contribution >= 4 is 11.9 Å². The van der Waals surface area contributed by atoms with Crippen molar-refractivity contribution in [2.24, 2.45) is 11.3 Å². The van der Waals surface area contributed by atoms with Crippen LogP contribution in [0.15, 0.2) is 0 Å². The summed E-state index contributed by atoms with van der Waals surface area (Å²) in [5.74, 6) is 0.163. The number of rotatable bonds is 5. The van der Waals surface area contributed by atoms with Crippen LogP contribution in [0.3, 0.4) is 0 Å². The van der Waals surface area contributed by atoms with Crippen LogP contribution in [0.1, 0.15) is 86.0 Å². The van der Waals surface area contributed by atoms with E-state index in [2.05, 4.69) is 26.1 Å². The molecule has 0 aromatic carbocycles. The number of hydrogen-bond donors (Lipinski definition) is 1. The summed E-state index contributed by atoms with van der Waals surface area (Å²) in [5.41, 5.74) is 2.89. The second-order valence-electron chi connectivity index (χ2n) is 8.48. The maximum atomic E-state index is 13.1. The van der Waals surface area contributed by atoms with Crippen LogP contribution in [0, 0.1) is 25.2 Å². The van der Waals surface area contributed by atoms with Crippen molar-refractivity contribution in [1.29, 1.82) is 0 Å². The van der Waals surface area contributed by atoms with Crippen molar-refractivity contribution in [3.8, 4) is 0 Å². The molecule has 2 atom stereocenters. The molecule has 1 saturated carbocycles. The first-order valence-corrected chi connectivity index (χ1v) is 9.78. The Morgan fingerprint density at radius 2 is 1.88 bits per heavy atom. The highest BCUT2D eigenvalue weighted by Crippen LogP contribution is 2.38. The van der Waals surface area contributed by atoms with Gasteiger partial charge in [-0.2, -0.15) is 0 Å². The molecule has 26 heavy (non-hydrogen) atoms. The highest BCUT2D eigenvalue weighted by molar-refractivity contribution is 6.01. The number of hydrogen-bond acceptors (Lipinski definition) is 3. The molecule has 0 radical (unpaired) electrons. The Hall–Kier alpha value is -1.78. The van der Waals surface area contributed by atoms with Gasteiger partial charge in [0.1, 0.15) is 5.69 Å². The third kappa shape index (κ3) is 4.13. The zero-order valence-corrected chi connectivity index (χ0v) is 17.4. The summed E-state index contributed by atoms with van der Waals surface area (Å²) in [5, 5.41) is 3.23. The van der Waals surface area contributed by atoms with Gasteiger partial charge >= 0.3 is 5.97 Å². The van der Waals surface area contributed by atoms with Crippen molar-refractivity contribution < 1.29 is 14.3 Å². The van der Waals surface area contributed by atoms with E-state index in [0.717, 1.165) is 18.5 Å². The fraction of sp³-hybridized carbons (Fsp3) is 0.714. The molecular weight excluding hydrogens is 328 g/mol. The summed E-state index contributed by atoms with van der Waals surface area (Å²) in [6, 6.07) is 0.177. The van der Waals surface area contributed by atoms with Crippen LogP contribution in [0.25, 0.3) is 0 Å². The van der Waals surface area contributed by atoms with Crippen molar-refractivity contribution in [3.63, 3.8) is 0 Å². The molecule has 5 heteroatoms. The number of nitrogens with one attached hydrogen (secondary N) is 1. The highest BCUT2D eigenvalue weighted by atomic mass is 16.5. The number of nitrogens with zero attached hydrogens (tertiary/aromatic N) is 1. The van der Waals surface area contributed by atoms with E-state index in [-0.39, 0.29) is 23.3 Å². The SMILES string of the molecule is CCOC(=O)c1c(C)c(C(=O)N[C@@H]2C[C@@H](C)CC(C)(C)C2)c(C)n1CC. The summed E-state index contributed by atoms with van der Waals surface area (Å²) in [6.07, 6.45) is 3.18. The van der Waals surface area contributed by atoms with E-state index in [4.69, 9.17) is 4.74 Å². The fourth-order valence-electron chi connectivity index (χ4n) is 4.80. The van der Waals surface area contributed by atoms with Gasteiger partial charge in [-0.05, 0) is 63.9 Å². The molecular formula is C21H34N2O3. The molecule has 0 spiro atoms. The van der Waals surface area contributed by atoms with Crippen LogP contribution < -0.4 is 5.32 Å². The van der Waals surface area contributed by atoms with Crippen LogP contribution in [0.2, 0.25) is 0 Å². The van der Waals surface area contributed by atoms with Gasteiger partial charge in [0.15, 0.2) is 0 Å². The Morgan fingerprint density at radius 1 is 1.23 bits per heavy atom. The first-order chi connectivity index (χ1) is 12.1. The van der Waals surface area contributed by atoms with E-state index in [1.165, 1.54) is 6.42 Å². The van der Waals surface area contributed by atoms with Gasteiger partial charge in [-0.1, -0.05) is 20.8 Å². The summed E-state index contributed by atoms with van der Waals surface area (Å²) < 4.78 is 7.08. The maximum Gasteiger partial charge on any atom is 0.355 e. The topological polar surface area (TPSA) is 60.3 Å². The lowest BCUT2D eigenvalue weighted by atomic mass is 9.70. The predicted octanol–water partition coefficient (Wildman–Crippen LogP) is 4.25. The van der Waals surface area contributed by atoms with E-state index in [1.54, 1.807) is 6.92 Å². The lowest BCUT2D eigenvalue weighted by Gasteiger charge is -2.39. The smallest absolute Gasteiger partial charge is 0.355 e. The van der Waals surface area contributed by atoms with Crippen LogP contribution in [0.5, 0.6) is 0 Å². The van der Waals surface area contributed by atoms with E-state index >= 15 is 0 Å². The lowest BCUT2D eigenvalue weighted by Crippen LogP contribution is -2.43. The molecule has 5 nitrogen and oxygen atoms in total. The minimum absolute atomic E-state index is 0.0763. The summed E-state index contributed by atoms with van der Waals surface area (Å²) in [7, 11) is 0. The van der Waals surface area contributed by atoms with Crippen molar-refractivity contribution in [2.75, 3.05) is 6.61 Å². The van der Waals surface area contributed by atoms with Gasteiger partial charge < -0.3 is 14.6 Å². The minimum atomic E-state index is -0.360. The molecule has 1 aliphatic rings. The molecule has 1 N–H and O–H groups in total. The van der Waals surface area contributed by atoms with Crippen LogP contribution >= 0.6 is 0 Å². The molecule has 1 aliphatic carbocycles. The zero-order chi connectivity index (χ0) is 19.6. The van der Waals surface area contributed by atoms with E-state index in [0.29, 0.717) is 35.9 Å². The number of aromatic nitrogens is 1. The van der Waals surface area contributed by atoms with Gasteiger partial charge in [0, 0.05) is 18.3 Å². The molecule has 0 aliphatic heterocycles. The van der Waals surface area contributed by atoms with Gasteiger partial charge in [-0.3, -0.25) is 4.79 Å². The average molecular weight is 363 g/mol. The summed E-state index contributed by atoms with van der Waals surface area (Å²) in [4.78, 5) is 25.4. The van der Waals surface area contributed by atoms with Crippen molar-refractivity contribution in [3.05, 3.63) is 22.5 Å². The van der Waals surface area contributed by atoms with Crippen LogP contribution in [-0.2, 0) is 11.3 Å². The molecule has 1 aromatic heterocycles. The number of ether oxygens (including phenoxy) is 1. The quantitative estimate of drug-likeness (QED) is 0.797. The Balaban J connectivity index is 2.30. The van der Waals surface area contributed by atoms with Crippen LogP contribution in [-0.4, -0.2) is 29.1 Å². The van der Waals surface area contributed by atoms with Crippen molar-refractivity contribution in [2.45, 2.75) is 80.3 Å². The maximum absolute atomic E-state index is 13.1. The largest absolute Gasteiger partial charge is 0.461 e. The molecule has 1 aromatic rings. The third-order valence-corrected chi connectivity index (χ3v) is 5.50. The molecule has 2 rings (SSSR count). The Kier molecular flexibility index (Phi) is 6.20. The molecule has 1 amide bonds. The highest BCUT2D eigenvalue weighted by Gasteiger charge is 2.34. The van der Waals surface area contributed by atoms with Gasteiger partial charge in [-0.15, -0.1) is 0 Å². The second kappa shape index (κ2) is 7.85. The van der Waals surface area contributed by atoms with Gasteiger partial charge in [0.2, 0.25) is 0 Å². The minimum Gasteiger partial charge on any atom is -0.461 e. The predicted molar refractivity (Wildman–Crippen MR) is 104 cm³/mol. The van der Waals surface area contributed by atoms with E-state index in [1.807, 2.05) is 25.3 Å². The first-order valence-electron chi connectivity index (χ1n) is 9.78. The molecule has 1 fully saturated rings. The molecule has 146 valence electrons. The first kappa shape index (κ1) is 20.5. The van der Waals surface area contributed by atoms with Crippen molar-refractivity contribution in [1.82, 2.24) is 9.88 Å². The van der Waals surface area contributed by atoms with Gasteiger partial charge in [0.05, 0.1) is 12.2 Å².